The molecule has 0 spiro atoms. The van der Waals surface area contributed by atoms with Gasteiger partial charge in [-0.25, -0.2) is 0 Å². The summed E-state index contributed by atoms with van der Waals surface area (Å²) in [6.07, 6.45) is 1.83. The van der Waals surface area contributed by atoms with Crippen molar-refractivity contribution < 1.29 is 9.45 Å². The van der Waals surface area contributed by atoms with Crippen molar-refractivity contribution in [1.82, 2.24) is 10.1 Å². The second kappa shape index (κ2) is 6.76. The van der Waals surface area contributed by atoms with E-state index in [1.807, 2.05) is 14.1 Å². The highest BCUT2D eigenvalue weighted by atomic mass is 16.6. The Bertz CT molecular complexity index is 826. The van der Waals surface area contributed by atoms with E-state index >= 15 is 0 Å². The molecule has 1 aromatic heterocycles. The third-order valence-corrected chi connectivity index (χ3v) is 4.25. The van der Waals surface area contributed by atoms with Crippen molar-refractivity contribution >= 4 is 17.3 Å². The van der Waals surface area contributed by atoms with E-state index in [4.69, 9.17) is 4.52 Å². The molecule has 130 valence electrons. The van der Waals surface area contributed by atoms with Crippen LogP contribution in [0.25, 0.3) is 0 Å². The van der Waals surface area contributed by atoms with E-state index in [-0.39, 0.29) is 11.6 Å². The van der Waals surface area contributed by atoms with E-state index in [2.05, 4.69) is 21.1 Å². The number of aromatic nitrogens is 2. The van der Waals surface area contributed by atoms with Crippen LogP contribution in [-0.4, -0.2) is 42.2 Å². The Labute approximate surface area is 144 Å². The third kappa shape index (κ3) is 3.38. The molecule has 0 radical (unpaired) electrons. The Morgan fingerprint density at radius 2 is 2.28 bits per heavy atom. The molecular formula is C16H18N6O3. The first-order chi connectivity index (χ1) is 12.0. The second-order valence-electron chi connectivity index (χ2n) is 6.18. The molecule has 1 saturated heterocycles. The topological polar surface area (TPSA) is 112 Å². The summed E-state index contributed by atoms with van der Waals surface area (Å²) in [7, 11) is 3.69. The molecule has 2 aromatic rings. The van der Waals surface area contributed by atoms with Gasteiger partial charge < -0.3 is 14.3 Å². The number of nitro benzene ring substituents is 1. The minimum Gasteiger partial charge on any atom is -0.370 e. The number of benzene rings is 1. The van der Waals surface area contributed by atoms with Gasteiger partial charge in [-0.15, -0.1) is 0 Å². The molecule has 1 atom stereocenters. The molecule has 1 aliphatic heterocycles. The SMILES string of the molecule is CN(C)c1noc(C2CCCN(c3ccc([N+](=O)[O-])cc3C#N)C2)n1. The number of nitrogens with zero attached hydrogens (tertiary/aromatic N) is 6. The van der Waals surface area contributed by atoms with Gasteiger partial charge in [-0.1, -0.05) is 0 Å². The highest BCUT2D eigenvalue weighted by molar-refractivity contribution is 5.63. The van der Waals surface area contributed by atoms with Gasteiger partial charge in [-0.3, -0.25) is 10.1 Å². The minimum absolute atomic E-state index is 0.0664. The zero-order chi connectivity index (χ0) is 18.0. The van der Waals surface area contributed by atoms with Crippen LogP contribution in [0.5, 0.6) is 0 Å². The van der Waals surface area contributed by atoms with Crippen LogP contribution < -0.4 is 9.80 Å². The van der Waals surface area contributed by atoms with E-state index in [0.717, 1.165) is 19.4 Å². The van der Waals surface area contributed by atoms with E-state index in [1.54, 1.807) is 11.0 Å². The number of nitriles is 1. The first kappa shape index (κ1) is 16.7. The normalized spacial score (nSPS) is 17.2. The summed E-state index contributed by atoms with van der Waals surface area (Å²) in [5.41, 5.74) is 0.917. The number of nitro groups is 1. The van der Waals surface area contributed by atoms with Gasteiger partial charge in [-0.2, -0.15) is 10.2 Å². The van der Waals surface area contributed by atoms with Crippen molar-refractivity contribution in [3.05, 3.63) is 39.8 Å². The molecule has 1 aromatic carbocycles. The first-order valence-electron chi connectivity index (χ1n) is 7.94. The highest BCUT2D eigenvalue weighted by Crippen LogP contribution is 2.32. The molecule has 0 saturated carbocycles. The second-order valence-corrected chi connectivity index (χ2v) is 6.18. The Hall–Kier alpha value is -3.15. The van der Waals surface area contributed by atoms with Gasteiger partial charge >= 0.3 is 0 Å². The number of rotatable bonds is 4. The monoisotopic (exact) mass is 342 g/mol. The third-order valence-electron chi connectivity index (χ3n) is 4.25. The molecule has 1 unspecified atom stereocenters. The van der Waals surface area contributed by atoms with Crippen LogP contribution in [0.1, 0.15) is 30.2 Å². The molecule has 1 fully saturated rings. The molecule has 2 heterocycles. The molecule has 9 heteroatoms. The van der Waals surface area contributed by atoms with Crippen molar-refractivity contribution in [2.75, 3.05) is 37.0 Å². The van der Waals surface area contributed by atoms with Crippen molar-refractivity contribution in [1.29, 1.82) is 5.26 Å². The standard InChI is InChI=1S/C16H18N6O3/c1-20(2)16-18-15(25-19-16)11-4-3-7-21(10-11)14-6-5-13(22(23)24)8-12(14)9-17/h5-6,8,11H,3-4,7,10H2,1-2H3. The summed E-state index contributed by atoms with van der Waals surface area (Å²) in [5.74, 6) is 1.17. The zero-order valence-electron chi connectivity index (χ0n) is 14.0. The minimum atomic E-state index is -0.495. The Morgan fingerprint density at radius 3 is 2.92 bits per heavy atom. The maximum absolute atomic E-state index is 10.9. The molecule has 3 rings (SSSR count). The fraction of sp³-hybridized carbons (Fsp3) is 0.438. The molecule has 9 nitrogen and oxygen atoms in total. The summed E-state index contributed by atoms with van der Waals surface area (Å²) in [6.45, 7) is 1.40. The molecule has 0 aliphatic carbocycles. The van der Waals surface area contributed by atoms with Gasteiger partial charge in [0.1, 0.15) is 6.07 Å². The smallest absolute Gasteiger partial charge is 0.270 e. The number of non-ortho nitro benzene ring substituents is 1. The lowest BCUT2D eigenvalue weighted by Gasteiger charge is -2.33. The van der Waals surface area contributed by atoms with Gasteiger partial charge in [0, 0.05) is 39.3 Å². The van der Waals surface area contributed by atoms with Crippen LogP contribution in [0.15, 0.2) is 22.7 Å². The number of anilines is 2. The lowest BCUT2D eigenvalue weighted by molar-refractivity contribution is -0.384. The molecule has 0 N–H and O–H groups in total. The lowest BCUT2D eigenvalue weighted by atomic mass is 9.96. The number of piperidine rings is 1. The van der Waals surface area contributed by atoms with E-state index in [1.165, 1.54) is 12.1 Å². The van der Waals surface area contributed by atoms with Gasteiger partial charge in [0.15, 0.2) is 0 Å². The molecule has 0 amide bonds. The quantitative estimate of drug-likeness (QED) is 0.614. The highest BCUT2D eigenvalue weighted by Gasteiger charge is 2.28. The Balaban J connectivity index is 1.83. The van der Waals surface area contributed by atoms with Crippen LogP contribution in [-0.2, 0) is 0 Å². The molecular weight excluding hydrogens is 324 g/mol. The largest absolute Gasteiger partial charge is 0.370 e. The summed E-state index contributed by atoms with van der Waals surface area (Å²) >= 11 is 0. The van der Waals surface area contributed by atoms with E-state index in [0.29, 0.717) is 29.6 Å². The number of hydrogen-bond donors (Lipinski definition) is 0. The van der Waals surface area contributed by atoms with Gasteiger partial charge in [0.05, 0.1) is 22.1 Å². The van der Waals surface area contributed by atoms with Gasteiger partial charge in [-0.05, 0) is 24.1 Å². The summed E-state index contributed by atoms with van der Waals surface area (Å²) in [6, 6.07) is 6.44. The van der Waals surface area contributed by atoms with Crippen LogP contribution in [0.3, 0.4) is 0 Å². The zero-order valence-corrected chi connectivity index (χ0v) is 14.0. The Kier molecular flexibility index (Phi) is 4.52. The van der Waals surface area contributed by atoms with Crippen LogP contribution >= 0.6 is 0 Å². The summed E-state index contributed by atoms with van der Waals surface area (Å²) < 4.78 is 5.37. The maximum atomic E-state index is 10.9. The predicted molar refractivity (Wildman–Crippen MR) is 90.6 cm³/mol. The average molecular weight is 342 g/mol. The van der Waals surface area contributed by atoms with Crippen LogP contribution in [0, 0.1) is 21.4 Å². The fourth-order valence-electron chi connectivity index (χ4n) is 2.97. The van der Waals surface area contributed by atoms with Crippen molar-refractivity contribution in [3.8, 4) is 6.07 Å². The van der Waals surface area contributed by atoms with E-state index < -0.39 is 4.92 Å². The van der Waals surface area contributed by atoms with Crippen molar-refractivity contribution in [2.24, 2.45) is 0 Å². The molecule has 25 heavy (non-hydrogen) atoms. The van der Waals surface area contributed by atoms with Crippen LogP contribution in [0.4, 0.5) is 17.3 Å². The van der Waals surface area contributed by atoms with E-state index in [9.17, 15) is 15.4 Å². The lowest BCUT2D eigenvalue weighted by Crippen LogP contribution is -2.35. The molecule has 0 bridgehead atoms. The van der Waals surface area contributed by atoms with Crippen molar-refractivity contribution in [3.63, 3.8) is 0 Å². The summed E-state index contributed by atoms with van der Waals surface area (Å²) in [4.78, 5) is 18.6. The van der Waals surface area contributed by atoms with Crippen molar-refractivity contribution in [2.45, 2.75) is 18.8 Å². The summed E-state index contributed by atoms with van der Waals surface area (Å²) in [5, 5.41) is 24.2. The number of hydrogen-bond acceptors (Lipinski definition) is 8. The van der Waals surface area contributed by atoms with Crippen LogP contribution in [0.2, 0.25) is 0 Å². The maximum Gasteiger partial charge on any atom is 0.270 e. The molecule has 1 aliphatic rings. The Morgan fingerprint density at radius 1 is 1.48 bits per heavy atom. The average Bonchev–Trinajstić information content (AvgIpc) is 3.11. The predicted octanol–water partition coefficient (Wildman–Crippen LogP) is 2.30. The van der Waals surface area contributed by atoms with Gasteiger partial charge in [0.25, 0.3) is 11.6 Å². The fourth-order valence-corrected chi connectivity index (χ4v) is 2.97. The first-order valence-corrected chi connectivity index (χ1v) is 7.94. The van der Waals surface area contributed by atoms with Gasteiger partial charge in [0.2, 0.25) is 5.89 Å².